The Hall–Kier alpha value is -0.800. The Bertz CT molecular complexity index is 265. The van der Waals surface area contributed by atoms with Gasteiger partial charge in [0, 0.05) is 19.4 Å². The lowest BCUT2D eigenvalue weighted by molar-refractivity contribution is 0.0503. The summed E-state index contributed by atoms with van der Waals surface area (Å²) < 4.78 is 9.95. The van der Waals surface area contributed by atoms with Crippen molar-refractivity contribution in [3.05, 3.63) is 23.0 Å². The molecule has 0 aliphatic heterocycles. The van der Waals surface area contributed by atoms with E-state index in [4.69, 9.17) is 21.1 Å². The minimum Gasteiger partial charge on any atom is -0.466 e. The van der Waals surface area contributed by atoms with E-state index in [-0.39, 0.29) is 6.79 Å². The molecule has 0 bridgehead atoms. The van der Waals surface area contributed by atoms with Gasteiger partial charge in [0.05, 0.1) is 10.7 Å². The van der Waals surface area contributed by atoms with E-state index in [0.29, 0.717) is 10.8 Å². The fourth-order valence-electron chi connectivity index (χ4n) is 0.758. The quantitative estimate of drug-likeness (QED) is 0.679. The fraction of sp³-hybridized carbons (Fsp3) is 0.375. The first-order valence-electron chi connectivity index (χ1n) is 3.48. The van der Waals surface area contributed by atoms with Crippen molar-refractivity contribution in [3.8, 4) is 5.75 Å². The van der Waals surface area contributed by atoms with E-state index in [0.717, 1.165) is 5.69 Å². The van der Waals surface area contributed by atoms with Crippen LogP contribution < -0.4 is 4.74 Å². The molecule has 0 fully saturated rings. The molecule has 0 aliphatic carbocycles. The van der Waals surface area contributed by atoms with Gasteiger partial charge in [0.1, 0.15) is 5.75 Å². The third-order valence-corrected chi connectivity index (χ3v) is 1.55. The van der Waals surface area contributed by atoms with E-state index in [1.807, 2.05) is 6.92 Å². The molecule has 0 N–H and O–H groups in total. The second-order valence-corrected chi connectivity index (χ2v) is 2.72. The Kier molecular flexibility index (Phi) is 3.31. The summed E-state index contributed by atoms with van der Waals surface area (Å²) in [7, 11) is 1.56. The SMILES string of the molecule is COCOc1cc(Cl)cnc1C. The van der Waals surface area contributed by atoms with Gasteiger partial charge in [0.2, 0.25) is 0 Å². The summed E-state index contributed by atoms with van der Waals surface area (Å²) >= 11 is 5.71. The van der Waals surface area contributed by atoms with Crippen molar-refractivity contribution in [2.24, 2.45) is 0 Å². The predicted octanol–water partition coefficient (Wildman–Crippen LogP) is 2.03. The largest absolute Gasteiger partial charge is 0.466 e. The summed E-state index contributed by atoms with van der Waals surface area (Å²) in [5.41, 5.74) is 0.802. The van der Waals surface area contributed by atoms with E-state index in [1.54, 1.807) is 19.4 Å². The van der Waals surface area contributed by atoms with Crippen molar-refractivity contribution in [2.45, 2.75) is 6.92 Å². The number of aromatic nitrogens is 1. The van der Waals surface area contributed by atoms with Gasteiger partial charge < -0.3 is 9.47 Å². The van der Waals surface area contributed by atoms with Gasteiger partial charge in [-0.3, -0.25) is 4.98 Å². The van der Waals surface area contributed by atoms with Gasteiger partial charge in [-0.2, -0.15) is 0 Å². The van der Waals surface area contributed by atoms with Crippen LogP contribution in [0.25, 0.3) is 0 Å². The standard InChI is InChI=1S/C8H10ClNO2/c1-6-8(12-5-11-2)3-7(9)4-10-6/h3-4H,5H2,1-2H3. The molecule has 4 heteroatoms. The third kappa shape index (κ3) is 2.36. The van der Waals surface area contributed by atoms with Crippen LogP contribution in [0.3, 0.4) is 0 Å². The zero-order valence-electron chi connectivity index (χ0n) is 7.00. The highest BCUT2D eigenvalue weighted by Crippen LogP contribution is 2.19. The van der Waals surface area contributed by atoms with Crippen molar-refractivity contribution in [1.82, 2.24) is 4.98 Å². The Morgan fingerprint density at radius 2 is 2.33 bits per heavy atom. The summed E-state index contributed by atoms with van der Waals surface area (Å²) in [6.07, 6.45) is 1.58. The molecule has 1 heterocycles. The van der Waals surface area contributed by atoms with Gasteiger partial charge in [0.15, 0.2) is 6.79 Å². The zero-order chi connectivity index (χ0) is 8.97. The van der Waals surface area contributed by atoms with E-state index < -0.39 is 0 Å². The number of halogens is 1. The lowest BCUT2D eigenvalue weighted by Gasteiger charge is -2.06. The Balaban J connectivity index is 2.75. The Morgan fingerprint density at radius 3 is 3.00 bits per heavy atom. The fourth-order valence-corrected chi connectivity index (χ4v) is 0.905. The lowest BCUT2D eigenvalue weighted by Crippen LogP contribution is -2.01. The minimum atomic E-state index is 0.211. The maximum atomic E-state index is 5.71. The molecule has 0 saturated heterocycles. The van der Waals surface area contributed by atoms with E-state index in [9.17, 15) is 0 Å². The molecule has 3 nitrogen and oxygen atoms in total. The van der Waals surface area contributed by atoms with Crippen molar-refractivity contribution in [1.29, 1.82) is 0 Å². The van der Waals surface area contributed by atoms with E-state index >= 15 is 0 Å². The number of pyridine rings is 1. The maximum absolute atomic E-state index is 5.71. The predicted molar refractivity (Wildman–Crippen MR) is 46.5 cm³/mol. The van der Waals surface area contributed by atoms with Crippen molar-refractivity contribution in [2.75, 3.05) is 13.9 Å². The summed E-state index contributed by atoms with van der Waals surface area (Å²) in [5.74, 6) is 0.657. The summed E-state index contributed by atoms with van der Waals surface area (Å²) in [6.45, 7) is 2.06. The molecule has 1 aromatic rings. The lowest BCUT2D eigenvalue weighted by atomic mass is 10.3. The molecule has 0 radical (unpaired) electrons. The first-order chi connectivity index (χ1) is 5.74. The number of hydrogen-bond donors (Lipinski definition) is 0. The Labute approximate surface area is 76.3 Å². The molecule has 66 valence electrons. The van der Waals surface area contributed by atoms with E-state index in [1.165, 1.54) is 0 Å². The average Bonchev–Trinajstić information content (AvgIpc) is 2.07. The van der Waals surface area contributed by atoms with Crippen LogP contribution in [0, 0.1) is 6.92 Å². The first-order valence-corrected chi connectivity index (χ1v) is 3.85. The zero-order valence-corrected chi connectivity index (χ0v) is 7.76. The molecule has 0 saturated carbocycles. The molecule has 0 aromatic carbocycles. The summed E-state index contributed by atoms with van der Waals surface area (Å²) in [4.78, 5) is 4.02. The average molecular weight is 188 g/mol. The number of hydrogen-bond acceptors (Lipinski definition) is 3. The van der Waals surface area contributed by atoms with Gasteiger partial charge in [0.25, 0.3) is 0 Å². The highest BCUT2D eigenvalue weighted by molar-refractivity contribution is 6.30. The second-order valence-electron chi connectivity index (χ2n) is 2.29. The van der Waals surface area contributed by atoms with Crippen LogP contribution in [-0.2, 0) is 4.74 Å². The molecule has 1 rings (SSSR count). The van der Waals surface area contributed by atoms with Crippen LogP contribution in [0.4, 0.5) is 0 Å². The minimum absolute atomic E-state index is 0.211. The maximum Gasteiger partial charge on any atom is 0.188 e. The van der Waals surface area contributed by atoms with Crippen LogP contribution in [-0.4, -0.2) is 18.9 Å². The molecular weight excluding hydrogens is 178 g/mol. The van der Waals surface area contributed by atoms with Crippen molar-refractivity contribution < 1.29 is 9.47 Å². The summed E-state index contributed by atoms with van der Waals surface area (Å²) in [5, 5.41) is 0.562. The van der Waals surface area contributed by atoms with Crippen LogP contribution in [0.15, 0.2) is 12.3 Å². The van der Waals surface area contributed by atoms with Crippen LogP contribution in [0.2, 0.25) is 5.02 Å². The molecule has 0 unspecified atom stereocenters. The topological polar surface area (TPSA) is 31.4 Å². The second kappa shape index (κ2) is 4.28. The number of aryl methyl sites for hydroxylation is 1. The van der Waals surface area contributed by atoms with Gasteiger partial charge in [-0.05, 0) is 6.92 Å². The molecule has 0 spiro atoms. The van der Waals surface area contributed by atoms with Crippen LogP contribution in [0.1, 0.15) is 5.69 Å². The molecular formula is C8H10ClNO2. The first kappa shape index (κ1) is 9.29. The smallest absolute Gasteiger partial charge is 0.188 e. The highest BCUT2D eigenvalue weighted by atomic mass is 35.5. The highest BCUT2D eigenvalue weighted by Gasteiger charge is 2.00. The van der Waals surface area contributed by atoms with Crippen LogP contribution in [0.5, 0.6) is 5.75 Å². The molecule has 12 heavy (non-hydrogen) atoms. The molecule has 0 aliphatic rings. The Morgan fingerprint density at radius 1 is 1.58 bits per heavy atom. The molecule has 0 atom stereocenters. The molecule has 0 amide bonds. The van der Waals surface area contributed by atoms with Gasteiger partial charge in [-0.1, -0.05) is 11.6 Å². The van der Waals surface area contributed by atoms with Gasteiger partial charge in [-0.15, -0.1) is 0 Å². The number of methoxy groups -OCH3 is 1. The third-order valence-electron chi connectivity index (χ3n) is 1.34. The van der Waals surface area contributed by atoms with Crippen molar-refractivity contribution >= 4 is 11.6 Å². The van der Waals surface area contributed by atoms with E-state index in [2.05, 4.69) is 4.98 Å². The van der Waals surface area contributed by atoms with Crippen LogP contribution >= 0.6 is 11.6 Å². The number of rotatable bonds is 3. The summed E-state index contributed by atoms with van der Waals surface area (Å²) in [6, 6.07) is 1.71. The number of nitrogens with zero attached hydrogens (tertiary/aromatic N) is 1. The molecule has 1 aromatic heterocycles. The van der Waals surface area contributed by atoms with Gasteiger partial charge in [-0.25, -0.2) is 0 Å². The van der Waals surface area contributed by atoms with Gasteiger partial charge >= 0.3 is 0 Å². The monoisotopic (exact) mass is 187 g/mol. The number of ether oxygens (including phenoxy) is 2. The normalized spacial score (nSPS) is 9.92. The van der Waals surface area contributed by atoms with Crippen molar-refractivity contribution in [3.63, 3.8) is 0 Å².